The summed E-state index contributed by atoms with van der Waals surface area (Å²) in [7, 11) is 0. The van der Waals surface area contributed by atoms with E-state index < -0.39 is 5.01 Å². The largest absolute Gasteiger partial charge is 0.381 e. The molecule has 0 aliphatic heterocycles. The molecule has 60 valence electrons. The van der Waals surface area contributed by atoms with E-state index in [0.29, 0.717) is 0 Å². The highest BCUT2D eigenvalue weighted by atomic mass is 79.9. The van der Waals surface area contributed by atoms with Gasteiger partial charge in [-0.3, -0.25) is 0 Å². The van der Waals surface area contributed by atoms with Crippen LogP contribution in [-0.2, 0) is 0 Å². The van der Waals surface area contributed by atoms with Crippen LogP contribution in [0.5, 0.6) is 0 Å². The number of aliphatic hydroxyl groups excluding tert-OH is 1. The zero-order valence-electron chi connectivity index (χ0n) is 6.37. The molecule has 0 amide bonds. The van der Waals surface area contributed by atoms with Crippen LogP contribution in [0.2, 0.25) is 0 Å². The molecule has 0 bridgehead atoms. The number of halogens is 1. The van der Waals surface area contributed by atoms with Gasteiger partial charge in [-0.2, -0.15) is 0 Å². The molecular weight excluding hydrogens is 204 g/mol. The van der Waals surface area contributed by atoms with E-state index >= 15 is 0 Å². The smallest absolute Gasteiger partial charge is 0.115 e. The molecule has 0 aliphatic carbocycles. The number of hydrogen-bond acceptors (Lipinski definition) is 1. The molecule has 1 rings (SSSR count). The minimum absolute atomic E-state index is 0.149. The van der Waals surface area contributed by atoms with E-state index in [2.05, 4.69) is 15.9 Å². The molecule has 0 aromatic heterocycles. The van der Waals surface area contributed by atoms with Gasteiger partial charge in [-0.15, -0.1) is 0 Å². The summed E-state index contributed by atoms with van der Waals surface area (Å²) in [5.74, 6) is 0.149. The summed E-state index contributed by atoms with van der Waals surface area (Å²) in [5.41, 5.74) is 1.15. The van der Waals surface area contributed by atoms with Crippen LogP contribution in [0.15, 0.2) is 30.3 Å². The van der Waals surface area contributed by atoms with Gasteiger partial charge in [0.15, 0.2) is 0 Å². The Morgan fingerprint density at radius 3 is 2.27 bits per heavy atom. The molecule has 2 unspecified atom stereocenters. The van der Waals surface area contributed by atoms with Crippen molar-refractivity contribution in [3.05, 3.63) is 35.9 Å². The third kappa shape index (κ3) is 2.31. The average Bonchev–Trinajstić information content (AvgIpc) is 2.05. The van der Waals surface area contributed by atoms with E-state index in [4.69, 9.17) is 0 Å². The zero-order chi connectivity index (χ0) is 8.27. The molecule has 1 nitrogen and oxygen atoms in total. The highest BCUT2D eigenvalue weighted by Crippen LogP contribution is 2.21. The third-order valence-corrected chi connectivity index (χ3v) is 2.53. The van der Waals surface area contributed by atoms with Gasteiger partial charge in [0.1, 0.15) is 5.01 Å². The Kier molecular flexibility index (Phi) is 3.09. The van der Waals surface area contributed by atoms with Crippen molar-refractivity contribution in [2.75, 3.05) is 0 Å². The van der Waals surface area contributed by atoms with Crippen molar-refractivity contribution in [2.45, 2.75) is 17.9 Å². The average molecular weight is 215 g/mol. The summed E-state index contributed by atoms with van der Waals surface area (Å²) in [6, 6.07) is 9.93. The minimum Gasteiger partial charge on any atom is -0.381 e. The lowest BCUT2D eigenvalue weighted by atomic mass is 10.0. The maximum absolute atomic E-state index is 9.19. The van der Waals surface area contributed by atoms with Crippen LogP contribution in [0.25, 0.3) is 0 Å². The standard InChI is InChI=1S/C9H11BrO/c1-7(9(10)11)8-5-3-2-4-6-8/h2-7,9,11H,1H3. The SMILES string of the molecule is CC(c1ccccc1)C(O)Br. The van der Waals surface area contributed by atoms with Crippen molar-refractivity contribution < 1.29 is 5.11 Å². The quantitative estimate of drug-likeness (QED) is 0.751. The summed E-state index contributed by atoms with van der Waals surface area (Å²) >= 11 is 3.13. The number of aliphatic hydroxyl groups is 1. The molecule has 0 saturated carbocycles. The maximum Gasteiger partial charge on any atom is 0.115 e. The second-order valence-electron chi connectivity index (χ2n) is 2.57. The molecule has 1 aromatic rings. The first-order valence-electron chi connectivity index (χ1n) is 3.59. The highest BCUT2D eigenvalue weighted by Gasteiger charge is 2.11. The monoisotopic (exact) mass is 214 g/mol. The normalized spacial score (nSPS) is 15.9. The Labute approximate surface area is 75.2 Å². The molecule has 11 heavy (non-hydrogen) atoms. The molecule has 0 saturated heterocycles. The lowest BCUT2D eigenvalue weighted by Gasteiger charge is -2.12. The molecular formula is C9H11BrO. The first-order valence-corrected chi connectivity index (χ1v) is 4.50. The Hall–Kier alpha value is -0.340. The fraction of sp³-hybridized carbons (Fsp3) is 0.333. The van der Waals surface area contributed by atoms with Crippen LogP contribution in [0.4, 0.5) is 0 Å². The predicted octanol–water partition coefficient (Wildman–Crippen LogP) is 2.50. The van der Waals surface area contributed by atoms with Gasteiger partial charge in [0.05, 0.1) is 0 Å². The second-order valence-corrected chi connectivity index (χ2v) is 3.51. The number of hydrogen-bond donors (Lipinski definition) is 1. The van der Waals surface area contributed by atoms with Crippen LogP contribution in [-0.4, -0.2) is 10.1 Å². The van der Waals surface area contributed by atoms with E-state index in [0.717, 1.165) is 5.56 Å². The van der Waals surface area contributed by atoms with Crippen LogP contribution in [0.3, 0.4) is 0 Å². The fourth-order valence-corrected chi connectivity index (χ4v) is 1.22. The predicted molar refractivity (Wildman–Crippen MR) is 49.8 cm³/mol. The lowest BCUT2D eigenvalue weighted by Crippen LogP contribution is -2.06. The van der Waals surface area contributed by atoms with Gasteiger partial charge in [-0.1, -0.05) is 53.2 Å². The van der Waals surface area contributed by atoms with Gasteiger partial charge in [0.25, 0.3) is 0 Å². The first kappa shape index (κ1) is 8.75. The van der Waals surface area contributed by atoms with Crippen LogP contribution in [0.1, 0.15) is 18.4 Å². The Morgan fingerprint density at radius 2 is 1.82 bits per heavy atom. The number of benzene rings is 1. The van der Waals surface area contributed by atoms with Crippen molar-refractivity contribution in [2.24, 2.45) is 0 Å². The van der Waals surface area contributed by atoms with Gasteiger partial charge in [-0.05, 0) is 5.56 Å². The Bertz CT molecular complexity index is 208. The fourth-order valence-electron chi connectivity index (χ4n) is 0.915. The molecule has 1 aromatic carbocycles. The zero-order valence-corrected chi connectivity index (χ0v) is 7.95. The summed E-state index contributed by atoms with van der Waals surface area (Å²) in [6.45, 7) is 1.98. The molecule has 0 fully saturated rings. The topological polar surface area (TPSA) is 20.2 Å². The van der Waals surface area contributed by atoms with Crippen LogP contribution >= 0.6 is 15.9 Å². The van der Waals surface area contributed by atoms with Gasteiger partial charge in [0.2, 0.25) is 0 Å². The molecule has 1 N–H and O–H groups in total. The van der Waals surface area contributed by atoms with Gasteiger partial charge >= 0.3 is 0 Å². The summed E-state index contributed by atoms with van der Waals surface area (Å²) in [5, 5.41) is 8.74. The van der Waals surface area contributed by atoms with Gasteiger partial charge < -0.3 is 5.11 Å². The molecule has 0 radical (unpaired) electrons. The van der Waals surface area contributed by atoms with Crippen LogP contribution in [0, 0.1) is 0 Å². The highest BCUT2D eigenvalue weighted by molar-refractivity contribution is 9.09. The summed E-state index contributed by atoms with van der Waals surface area (Å²) in [4.78, 5) is 0. The molecule has 0 spiro atoms. The Balaban J connectivity index is 2.77. The first-order chi connectivity index (χ1) is 5.22. The molecule has 0 heterocycles. The minimum atomic E-state index is -0.454. The van der Waals surface area contributed by atoms with Crippen molar-refractivity contribution >= 4 is 15.9 Å². The molecule has 2 heteroatoms. The number of rotatable bonds is 2. The van der Waals surface area contributed by atoms with Crippen molar-refractivity contribution in [1.82, 2.24) is 0 Å². The van der Waals surface area contributed by atoms with Gasteiger partial charge in [-0.25, -0.2) is 0 Å². The maximum atomic E-state index is 9.19. The van der Waals surface area contributed by atoms with E-state index in [9.17, 15) is 5.11 Å². The van der Waals surface area contributed by atoms with E-state index in [1.807, 2.05) is 37.3 Å². The molecule has 0 aliphatic rings. The van der Waals surface area contributed by atoms with Crippen molar-refractivity contribution in [3.8, 4) is 0 Å². The second kappa shape index (κ2) is 3.88. The van der Waals surface area contributed by atoms with Gasteiger partial charge in [0, 0.05) is 5.92 Å². The van der Waals surface area contributed by atoms with Crippen molar-refractivity contribution in [1.29, 1.82) is 0 Å². The van der Waals surface area contributed by atoms with E-state index in [-0.39, 0.29) is 5.92 Å². The molecule has 2 atom stereocenters. The van der Waals surface area contributed by atoms with Crippen LogP contribution < -0.4 is 0 Å². The van der Waals surface area contributed by atoms with Crippen molar-refractivity contribution in [3.63, 3.8) is 0 Å². The number of alkyl halides is 1. The lowest BCUT2D eigenvalue weighted by molar-refractivity contribution is 0.244. The third-order valence-electron chi connectivity index (χ3n) is 1.74. The summed E-state index contributed by atoms with van der Waals surface area (Å²) < 4.78 is 0. The summed E-state index contributed by atoms with van der Waals surface area (Å²) in [6.07, 6.45) is 0. The Morgan fingerprint density at radius 1 is 1.27 bits per heavy atom. The van der Waals surface area contributed by atoms with E-state index in [1.165, 1.54) is 0 Å². The van der Waals surface area contributed by atoms with E-state index in [1.54, 1.807) is 0 Å².